The van der Waals surface area contributed by atoms with Crippen molar-refractivity contribution in [1.29, 1.82) is 5.26 Å². The van der Waals surface area contributed by atoms with Gasteiger partial charge < -0.3 is 21.5 Å². The predicted octanol–water partition coefficient (Wildman–Crippen LogP) is 5.61. The molecule has 8 nitrogen and oxygen atoms in total. The van der Waals surface area contributed by atoms with Crippen LogP contribution in [0.25, 0.3) is 22.4 Å². The van der Waals surface area contributed by atoms with Crippen LogP contribution in [0, 0.1) is 11.3 Å². The Morgan fingerprint density at radius 3 is 2.49 bits per heavy atom. The molecule has 0 atom stereocenters. The molecule has 0 aliphatic heterocycles. The number of phenolic OH excluding ortho intramolecular Hbond substituents is 1. The molecule has 0 fully saturated rings. The maximum absolute atomic E-state index is 13.2. The molecule has 2 aromatic carbocycles. The number of aromatic hydroxyl groups is 1. The lowest BCUT2D eigenvalue weighted by Gasteiger charge is -2.15. The molecule has 2 heterocycles. The molecular formula is C27H20F3N5O3S. The molecule has 0 spiro atoms. The molecule has 0 bridgehead atoms. The van der Waals surface area contributed by atoms with Crippen LogP contribution in [0.5, 0.6) is 5.75 Å². The van der Waals surface area contributed by atoms with Gasteiger partial charge in [0, 0.05) is 29.8 Å². The van der Waals surface area contributed by atoms with Gasteiger partial charge in [-0.15, -0.1) is 11.3 Å². The standard InChI is InChI=1S/C27H20F3N5O3S/c28-27(29,30)16-6-7-18(22(36)12-16)21-13-19(15-3-1-4-17(11-15)33-24(37)8-9-31)20(14-32)25(34-21)35-26(38)23-5-2-10-39-23/h1-7,10-13,36H,8-9,31H2,(H,33,37)(H,34,35,38). The SMILES string of the molecule is N#Cc1c(-c2cccc(NC(=O)CCN)c2)cc(-c2ccc(C(F)(F)F)cc2O)nc1NC(=O)c1cccs1. The van der Waals surface area contributed by atoms with Gasteiger partial charge in [-0.05, 0) is 53.4 Å². The van der Waals surface area contributed by atoms with E-state index in [0.717, 1.165) is 23.5 Å². The summed E-state index contributed by atoms with van der Waals surface area (Å²) in [5, 5.41) is 27.5. The van der Waals surface area contributed by atoms with Crippen molar-refractivity contribution in [3.8, 4) is 34.2 Å². The summed E-state index contributed by atoms with van der Waals surface area (Å²) in [7, 11) is 0. The first-order valence-corrected chi connectivity index (χ1v) is 12.3. The van der Waals surface area contributed by atoms with Crippen molar-refractivity contribution < 1.29 is 27.9 Å². The molecule has 0 radical (unpaired) electrons. The summed E-state index contributed by atoms with van der Waals surface area (Å²) in [6, 6.07) is 15.6. The quantitative estimate of drug-likeness (QED) is 0.235. The first kappa shape index (κ1) is 27.3. The summed E-state index contributed by atoms with van der Waals surface area (Å²) in [4.78, 5) is 29.5. The Kier molecular flexibility index (Phi) is 7.94. The van der Waals surface area contributed by atoms with Crippen LogP contribution in [0.3, 0.4) is 0 Å². The minimum atomic E-state index is -4.67. The molecule has 39 heavy (non-hydrogen) atoms. The fourth-order valence-electron chi connectivity index (χ4n) is 3.73. The van der Waals surface area contributed by atoms with Gasteiger partial charge in [-0.25, -0.2) is 4.98 Å². The number of amides is 2. The monoisotopic (exact) mass is 551 g/mol. The average Bonchev–Trinajstić information content (AvgIpc) is 3.43. The number of hydrogen-bond acceptors (Lipinski definition) is 7. The first-order chi connectivity index (χ1) is 18.6. The van der Waals surface area contributed by atoms with E-state index in [4.69, 9.17) is 5.73 Å². The molecular weight excluding hydrogens is 531 g/mol. The zero-order valence-corrected chi connectivity index (χ0v) is 20.9. The van der Waals surface area contributed by atoms with Gasteiger partial charge in [-0.3, -0.25) is 9.59 Å². The van der Waals surface area contributed by atoms with E-state index in [-0.39, 0.29) is 47.1 Å². The molecule has 0 aliphatic rings. The Morgan fingerprint density at radius 2 is 1.85 bits per heavy atom. The van der Waals surface area contributed by atoms with Gasteiger partial charge in [0.15, 0.2) is 5.82 Å². The zero-order chi connectivity index (χ0) is 28.2. The summed E-state index contributed by atoms with van der Waals surface area (Å²) < 4.78 is 39.5. The Bertz CT molecular complexity index is 1580. The van der Waals surface area contributed by atoms with Gasteiger partial charge in [-0.2, -0.15) is 18.4 Å². The highest BCUT2D eigenvalue weighted by molar-refractivity contribution is 7.12. The number of hydrogen-bond donors (Lipinski definition) is 4. The summed E-state index contributed by atoms with van der Waals surface area (Å²) in [5.41, 5.74) is 5.43. The minimum Gasteiger partial charge on any atom is -0.507 e. The number of carbonyl (C=O) groups excluding carboxylic acids is 2. The van der Waals surface area contributed by atoms with E-state index < -0.39 is 23.4 Å². The smallest absolute Gasteiger partial charge is 0.416 e. The van der Waals surface area contributed by atoms with Crippen LogP contribution >= 0.6 is 11.3 Å². The second-order valence-electron chi connectivity index (χ2n) is 8.22. The highest BCUT2D eigenvalue weighted by atomic mass is 32.1. The number of nitrogens with zero attached hydrogens (tertiary/aromatic N) is 2. The predicted molar refractivity (Wildman–Crippen MR) is 141 cm³/mol. The van der Waals surface area contributed by atoms with Crippen molar-refractivity contribution in [3.05, 3.63) is 82.0 Å². The van der Waals surface area contributed by atoms with Gasteiger partial charge >= 0.3 is 6.18 Å². The largest absolute Gasteiger partial charge is 0.507 e. The minimum absolute atomic E-state index is 0.00859. The van der Waals surface area contributed by atoms with E-state index in [1.54, 1.807) is 41.8 Å². The molecule has 5 N–H and O–H groups in total. The molecule has 198 valence electrons. The van der Waals surface area contributed by atoms with Crippen LogP contribution in [0.1, 0.15) is 27.2 Å². The lowest BCUT2D eigenvalue weighted by Crippen LogP contribution is -2.16. The van der Waals surface area contributed by atoms with E-state index in [0.29, 0.717) is 22.2 Å². The van der Waals surface area contributed by atoms with Crippen LogP contribution in [0.4, 0.5) is 24.7 Å². The fourth-order valence-corrected chi connectivity index (χ4v) is 4.35. The molecule has 0 unspecified atom stereocenters. The Balaban J connectivity index is 1.87. The van der Waals surface area contributed by atoms with Crippen LogP contribution in [0.15, 0.2) is 66.0 Å². The number of anilines is 2. The maximum atomic E-state index is 13.2. The lowest BCUT2D eigenvalue weighted by atomic mass is 9.97. The number of phenols is 1. The summed E-state index contributed by atoms with van der Waals surface area (Å²) in [6.45, 7) is 0.155. The highest BCUT2D eigenvalue weighted by Gasteiger charge is 2.31. The van der Waals surface area contributed by atoms with Crippen molar-refractivity contribution in [2.24, 2.45) is 5.73 Å². The molecule has 4 rings (SSSR count). The number of carbonyl (C=O) groups is 2. The molecule has 2 aromatic heterocycles. The number of nitrogens with one attached hydrogen (secondary N) is 2. The summed E-state index contributed by atoms with van der Waals surface area (Å²) in [6.07, 6.45) is -4.58. The number of halogens is 3. The maximum Gasteiger partial charge on any atom is 0.416 e. The number of rotatable bonds is 7. The van der Waals surface area contributed by atoms with Crippen LogP contribution < -0.4 is 16.4 Å². The summed E-state index contributed by atoms with van der Waals surface area (Å²) in [5.74, 6) is -1.70. The molecule has 2 amide bonds. The second-order valence-corrected chi connectivity index (χ2v) is 9.17. The Morgan fingerprint density at radius 1 is 1.05 bits per heavy atom. The van der Waals surface area contributed by atoms with Gasteiger partial charge in [0.1, 0.15) is 17.4 Å². The number of thiophene rings is 1. The van der Waals surface area contributed by atoms with Crippen molar-refractivity contribution in [2.45, 2.75) is 12.6 Å². The Labute approximate surface area is 224 Å². The molecule has 0 aliphatic carbocycles. The van der Waals surface area contributed by atoms with Crippen molar-refractivity contribution in [2.75, 3.05) is 17.2 Å². The van der Waals surface area contributed by atoms with E-state index in [1.807, 2.05) is 6.07 Å². The number of pyridine rings is 1. The first-order valence-electron chi connectivity index (χ1n) is 11.4. The number of nitriles is 1. The van der Waals surface area contributed by atoms with Gasteiger partial charge in [0.2, 0.25) is 5.91 Å². The average molecular weight is 552 g/mol. The number of benzene rings is 2. The zero-order valence-electron chi connectivity index (χ0n) is 20.0. The highest BCUT2D eigenvalue weighted by Crippen LogP contribution is 2.39. The van der Waals surface area contributed by atoms with Gasteiger partial charge in [-0.1, -0.05) is 18.2 Å². The number of nitrogens with two attached hydrogens (primary N) is 1. The lowest BCUT2D eigenvalue weighted by molar-refractivity contribution is -0.137. The van der Waals surface area contributed by atoms with E-state index in [1.165, 1.54) is 6.07 Å². The second kappa shape index (κ2) is 11.3. The van der Waals surface area contributed by atoms with Gasteiger partial charge in [0.05, 0.1) is 16.1 Å². The van der Waals surface area contributed by atoms with E-state index in [9.17, 15) is 33.1 Å². The topological polar surface area (TPSA) is 141 Å². The molecule has 0 saturated carbocycles. The van der Waals surface area contributed by atoms with Crippen molar-refractivity contribution in [3.63, 3.8) is 0 Å². The van der Waals surface area contributed by atoms with Crippen molar-refractivity contribution >= 4 is 34.7 Å². The molecule has 12 heteroatoms. The van der Waals surface area contributed by atoms with Gasteiger partial charge in [0.25, 0.3) is 5.91 Å². The third kappa shape index (κ3) is 6.23. The number of aromatic nitrogens is 1. The van der Waals surface area contributed by atoms with Crippen LogP contribution in [-0.2, 0) is 11.0 Å². The van der Waals surface area contributed by atoms with Crippen molar-refractivity contribution in [1.82, 2.24) is 4.98 Å². The Hall–Kier alpha value is -4.73. The normalized spacial score (nSPS) is 11.1. The van der Waals surface area contributed by atoms with Crippen LogP contribution in [-0.4, -0.2) is 28.4 Å². The number of alkyl halides is 3. The molecule has 0 saturated heterocycles. The molecule has 4 aromatic rings. The third-order valence-corrected chi connectivity index (χ3v) is 6.41. The van der Waals surface area contributed by atoms with E-state index in [2.05, 4.69) is 15.6 Å². The fraction of sp³-hybridized carbons (Fsp3) is 0.111. The van der Waals surface area contributed by atoms with Crippen LogP contribution in [0.2, 0.25) is 0 Å². The summed E-state index contributed by atoms with van der Waals surface area (Å²) >= 11 is 1.16. The van der Waals surface area contributed by atoms with E-state index >= 15 is 0 Å². The third-order valence-electron chi connectivity index (χ3n) is 5.54.